The number of ether oxygens (including phenoxy) is 2. The molecule has 0 spiro atoms. The molecule has 0 unspecified atom stereocenters. The molecule has 4 fully saturated rings. The molecule has 3 aromatic rings. The van der Waals surface area contributed by atoms with Crippen LogP contribution in [-0.4, -0.2) is 24.2 Å². The number of aromatic nitrogens is 2. The molecule has 4 nitrogen and oxygen atoms in total. The highest BCUT2D eigenvalue weighted by Crippen LogP contribution is 2.62. The number of nitrogens with zero attached hydrogens (tertiary/aromatic N) is 1. The van der Waals surface area contributed by atoms with Gasteiger partial charge in [-0.15, -0.1) is 0 Å². The van der Waals surface area contributed by atoms with Crippen LogP contribution in [0.2, 0.25) is 0 Å². The van der Waals surface area contributed by atoms with Crippen LogP contribution in [0.25, 0.3) is 22.4 Å². The molecular weight excluding hydrogens is 360 g/mol. The molecule has 150 valence electrons. The van der Waals surface area contributed by atoms with Crippen molar-refractivity contribution >= 4 is 11.0 Å². The second kappa shape index (κ2) is 6.25. The number of hydrogen-bond donors (Lipinski definition) is 1. The van der Waals surface area contributed by atoms with Crippen molar-refractivity contribution in [2.45, 2.75) is 43.9 Å². The molecule has 4 bridgehead atoms. The van der Waals surface area contributed by atoms with Crippen molar-refractivity contribution in [3.63, 3.8) is 0 Å². The highest BCUT2D eigenvalue weighted by Gasteiger charge is 2.52. The number of hydrogen-bond acceptors (Lipinski definition) is 3. The second-order valence-corrected chi connectivity index (χ2v) is 9.58. The number of benzene rings is 2. The molecule has 7 rings (SSSR count). The topological polar surface area (TPSA) is 47.1 Å². The van der Waals surface area contributed by atoms with Crippen LogP contribution < -0.4 is 9.47 Å². The number of fused-ring (bicyclic) bond motifs is 1. The zero-order valence-electron chi connectivity index (χ0n) is 17.2. The summed E-state index contributed by atoms with van der Waals surface area (Å²) >= 11 is 0. The molecular formula is C25H28N2O2. The van der Waals surface area contributed by atoms with Gasteiger partial charge in [0.05, 0.1) is 25.3 Å². The van der Waals surface area contributed by atoms with E-state index in [9.17, 15) is 0 Å². The van der Waals surface area contributed by atoms with Gasteiger partial charge < -0.3 is 14.5 Å². The van der Waals surface area contributed by atoms with Gasteiger partial charge in [-0.3, -0.25) is 0 Å². The van der Waals surface area contributed by atoms with E-state index in [1.807, 2.05) is 25.3 Å². The summed E-state index contributed by atoms with van der Waals surface area (Å²) in [6.45, 7) is 0. The van der Waals surface area contributed by atoms with Gasteiger partial charge in [0.1, 0.15) is 17.3 Å². The smallest absolute Gasteiger partial charge is 0.138 e. The van der Waals surface area contributed by atoms with E-state index in [0.29, 0.717) is 5.41 Å². The molecule has 0 amide bonds. The fourth-order valence-corrected chi connectivity index (χ4v) is 6.96. The fourth-order valence-electron chi connectivity index (χ4n) is 6.96. The maximum Gasteiger partial charge on any atom is 0.138 e. The quantitative estimate of drug-likeness (QED) is 0.622. The van der Waals surface area contributed by atoms with Gasteiger partial charge in [0.15, 0.2) is 0 Å². The first-order chi connectivity index (χ1) is 14.2. The highest BCUT2D eigenvalue weighted by atomic mass is 16.5. The zero-order chi connectivity index (χ0) is 19.6. The van der Waals surface area contributed by atoms with E-state index in [0.717, 1.165) is 51.7 Å². The number of nitrogens with one attached hydrogen (secondary N) is 1. The summed E-state index contributed by atoms with van der Waals surface area (Å²) in [5.74, 6) is 5.54. The van der Waals surface area contributed by atoms with E-state index in [4.69, 9.17) is 14.5 Å². The van der Waals surface area contributed by atoms with Crippen molar-refractivity contribution in [1.29, 1.82) is 0 Å². The molecule has 4 heteroatoms. The van der Waals surface area contributed by atoms with Crippen LogP contribution in [-0.2, 0) is 5.41 Å². The molecule has 0 aliphatic heterocycles. The lowest BCUT2D eigenvalue weighted by atomic mass is 9.48. The number of imidazole rings is 1. The summed E-state index contributed by atoms with van der Waals surface area (Å²) in [4.78, 5) is 8.34. The second-order valence-electron chi connectivity index (χ2n) is 9.58. The Labute approximate surface area is 171 Å². The van der Waals surface area contributed by atoms with E-state index in [1.54, 1.807) is 7.11 Å². The summed E-state index contributed by atoms with van der Waals surface area (Å²) in [6.07, 6.45) is 8.34. The number of aromatic amines is 1. The largest absolute Gasteiger partial charge is 0.497 e. The van der Waals surface area contributed by atoms with Crippen LogP contribution in [0.4, 0.5) is 0 Å². The van der Waals surface area contributed by atoms with Crippen molar-refractivity contribution in [3.8, 4) is 22.9 Å². The van der Waals surface area contributed by atoms with Crippen LogP contribution in [0, 0.1) is 17.8 Å². The summed E-state index contributed by atoms with van der Waals surface area (Å²) in [6, 6.07) is 12.6. The third kappa shape index (κ3) is 2.68. The maximum atomic E-state index is 5.87. The first-order valence-corrected chi connectivity index (χ1v) is 10.9. The molecule has 2 aromatic carbocycles. The Kier molecular flexibility index (Phi) is 3.75. The number of rotatable bonds is 4. The molecule has 0 radical (unpaired) electrons. The molecule has 1 N–H and O–H groups in total. The monoisotopic (exact) mass is 388 g/mol. The lowest BCUT2D eigenvalue weighted by Crippen LogP contribution is -2.48. The summed E-state index contributed by atoms with van der Waals surface area (Å²) in [7, 11) is 3.51. The van der Waals surface area contributed by atoms with Gasteiger partial charge >= 0.3 is 0 Å². The third-order valence-corrected chi connectivity index (χ3v) is 7.77. The van der Waals surface area contributed by atoms with E-state index in [1.165, 1.54) is 44.1 Å². The third-order valence-electron chi connectivity index (χ3n) is 7.77. The molecule has 1 heterocycles. The molecule has 1 aromatic heterocycles. The van der Waals surface area contributed by atoms with Crippen LogP contribution in [0.15, 0.2) is 36.4 Å². The Morgan fingerprint density at radius 2 is 1.62 bits per heavy atom. The van der Waals surface area contributed by atoms with E-state index < -0.39 is 0 Å². The van der Waals surface area contributed by atoms with Gasteiger partial charge in [0.25, 0.3) is 0 Å². The fraction of sp³-hybridized carbons (Fsp3) is 0.480. The average molecular weight is 389 g/mol. The van der Waals surface area contributed by atoms with Gasteiger partial charge in [0, 0.05) is 17.2 Å². The molecule has 0 atom stereocenters. The Morgan fingerprint density at radius 3 is 2.28 bits per heavy atom. The minimum absolute atomic E-state index is 0.297. The predicted molar refractivity (Wildman–Crippen MR) is 114 cm³/mol. The lowest BCUT2D eigenvalue weighted by Gasteiger charge is -2.57. The average Bonchev–Trinajstić information content (AvgIpc) is 3.15. The van der Waals surface area contributed by atoms with E-state index >= 15 is 0 Å². The normalized spacial score (nSPS) is 30.1. The van der Waals surface area contributed by atoms with Crippen molar-refractivity contribution in [2.75, 3.05) is 14.2 Å². The van der Waals surface area contributed by atoms with Gasteiger partial charge in [0.2, 0.25) is 0 Å². The van der Waals surface area contributed by atoms with Crippen molar-refractivity contribution in [3.05, 3.63) is 42.0 Å². The molecule has 0 saturated heterocycles. The molecule has 4 saturated carbocycles. The van der Waals surface area contributed by atoms with Crippen LogP contribution >= 0.6 is 0 Å². The van der Waals surface area contributed by atoms with Gasteiger partial charge in [-0.05, 0) is 92.0 Å². The van der Waals surface area contributed by atoms with Gasteiger partial charge in [-0.25, -0.2) is 4.98 Å². The molecule has 4 aliphatic rings. The van der Waals surface area contributed by atoms with Crippen LogP contribution in [0.3, 0.4) is 0 Å². The number of methoxy groups -OCH3 is 2. The van der Waals surface area contributed by atoms with Crippen molar-refractivity contribution < 1.29 is 9.47 Å². The van der Waals surface area contributed by atoms with Crippen molar-refractivity contribution in [1.82, 2.24) is 9.97 Å². The zero-order valence-corrected chi connectivity index (χ0v) is 17.2. The van der Waals surface area contributed by atoms with Gasteiger partial charge in [-0.2, -0.15) is 0 Å². The highest BCUT2D eigenvalue weighted by molar-refractivity contribution is 5.81. The molecule has 29 heavy (non-hydrogen) atoms. The first kappa shape index (κ1) is 17.4. The Morgan fingerprint density at radius 1 is 0.897 bits per heavy atom. The van der Waals surface area contributed by atoms with Gasteiger partial charge in [-0.1, -0.05) is 0 Å². The summed E-state index contributed by atoms with van der Waals surface area (Å²) in [5, 5.41) is 0. The van der Waals surface area contributed by atoms with Crippen LogP contribution in [0.1, 0.15) is 44.1 Å². The Hall–Kier alpha value is -2.49. The Bertz CT molecular complexity index is 1050. The summed E-state index contributed by atoms with van der Waals surface area (Å²) in [5.41, 5.74) is 4.83. The maximum absolute atomic E-state index is 5.87. The SMILES string of the molecule is COc1ccc2nc(-c3ccc(OC)c(C45CC6CC(CC(C6)C4)C5)c3)[nH]c2c1. The van der Waals surface area contributed by atoms with Crippen molar-refractivity contribution in [2.24, 2.45) is 17.8 Å². The minimum atomic E-state index is 0.297. The predicted octanol–water partition coefficient (Wildman–Crippen LogP) is 5.71. The summed E-state index contributed by atoms with van der Waals surface area (Å²) < 4.78 is 11.2. The molecule has 4 aliphatic carbocycles. The Balaban J connectivity index is 1.45. The lowest BCUT2D eigenvalue weighted by molar-refractivity contribution is -0.00613. The van der Waals surface area contributed by atoms with E-state index in [2.05, 4.69) is 23.2 Å². The van der Waals surface area contributed by atoms with Crippen LogP contribution in [0.5, 0.6) is 11.5 Å². The standard InChI is InChI=1S/C25H28N2O2/c1-28-19-4-5-21-22(11-19)27-24(26-21)18-3-6-23(29-2)20(10-18)25-12-15-7-16(13-25)9-17(8-15)14-25/h3-6,10-11,15-17H,7-9,12-14H2,1-2H3,(H,26,27). The first-order valence-electron chi connectivity index (χ1n) is 10.9. The van der Waals surface area contributed by atoms with E-state index in [-0.39, 0.29) is 0 Å². The number of H-pyrrole nitrogens is 1. The minimum Gasteiger partial charge on any atom is -0.497 e.